The highest BCUT2D eigenvalue weighted by Gasteiger charge is 2.25. The molecular formula is C21H25FN2O3S. The molecule has 0 aromatic heterocycles. The summed E-state index contributed by atoms with van der Waals surface area (Å²) in [5.41, 5.74) is 1.42. The second-order valence-corrected chi connectivity index (χ2v) is 7.23. The fraction of sp³-hybridized carbons (Fsp3) is 0.333. The summed E-state index contributed by atoms with van der Waals surface area (Å²) in [4.78, 5) is 26.5. The van der Waals surface area contributed by atoms with Crippen LogP contribution in [0, 0.1) is 5.82 Å². The Hall–Kier alpha value is -2.54. The van der Waals surface area contributed by atoms with Crippen molar-refractivity contribution in [1.82, 2.24) is 10.2 Å². The predicted molar refractivity (Wildman–Crippen MR) is 110 cm³/mol. The van der Waals surface area contributed by atoms with Gasteiger partial charge in [-0.25, -0.2) is 4.39 Å². The lowest BCUT2D eigenvalue weighted by molar-refractivity contribution is -0.138. The van der Waals surface area contributed by atoms with Gasteiger partial charge in [0.25, 0.3) is 0 Å². The number of nitrogens with zero attached hydrogens (tertiary/aromatic N) is 1. The number of thioether (sulfide) groups is 1. The molecule has 2 amide bonds. The molecule has 0 unspecified atom stereocenters. The quantitative estimate of drug-likeness (QED) is 0.697. The lowest BCUT2D eigenvalue weighted by Gasteiger charge is -2.28. The van der Waals surface area contributed by atoms with Crippen LogP contribution in [0.3, 0.4) is 0 Å². The number of likely N-dealkylation sites (N-methyl/N-ethyl adjacent to an activating group) is 1. The smallest absolute Gasteiger partial charge is 0.242 e. The molecule has 2 aromatic rings. The molecule has 7 heteroatoms. The van der Waals surface area contributed by atoms with Gasteiger partial charge in [-0.2, -0.15) is 0 Å². The molecule has 2 aromatic carbocycles. The molecule has 0 aliphatic carbocycles. The van der Waals surface area contributed by atoms with Crippen molar-refractivity contribution in [3.8, 4) is 5.75 Å². The second kappa shape index (κ2) is 10.7. The van der Waals surface area contributed by atoms with E-state index < -0.39 is 6.04 Å². The molecular weight excluding hydrogens is 379 g/mol. The molecule has 1 N–H and O–H groups in total. The topological polar surface area (TPSA) is 58.6 Å². The van der Waals surface area contributed by atoms with Crippen molar-refractivity contribution in [2.75, 3.05) is 19.9 Å². The van der Waals surface area contributed by atoms with E-state index in [0.717, 1.165) is 5.56 Å². The molecule has 0 fully saturated rings. The lowest BCUT2D eigenvalue weighted by Crippen LogP contribution is -2.47. The first-order chi connectivity index (χ1) is 13.5. The van der Waals surface area contributed by atoms with Gasteiger partial charge < -0.3 is 15.0 Å². The highest BCUT2D eigenvalue weighted by Crippen LogP contribution is 2.19. The Morgan fingerprint density at radius 2 is 1.96 bits per heavy atom. The van der Waals surface area contributed by atoms with Gasteiger partial charge in [0.05, 0.1) is 12.9 Å². The van der Waals surface area contributed by atoms with Gasteiger partial charge in [-0.3, -0.25) is 9.59 Å². The first-order valence-electron chi connectivity index (χ1n) is 8.91. The average Bonchev–Trinajstić information content (AvgIpc) is 2.72. The summed E-state index contributed by atoms with van der Waals surface area (Å²) in [6.45, 7) is 1.98. The molecule has 0 spiro atoms. The van der Waals surface area contributed by atoms with Gasteiger partial charge in [0, 0.05) is 19.3 Å². The summed E-state index contributed by atoms with van der Waals surface area (Å²) in [7, 11) is 3.12. The zero-order valence-corrected chi connectivity index (χ0v) is 17.1. The number of rotatable bonds is 9. The van der Waals surface area contributed by atoms with Crippen LogP contribution in [0.2, 0.25) is 0 Å². The number of ether oxygens (including phenoxy) is 1. The van der Waals surface area contributed by atoms with Gasteiger partial charge in [0.1, 0.15) is 17.6 Å². The summed E-state index contributed by atoms with van der Waals surface area (Å²) < 4.78 is 19.0. The van der Waals surface area contributed by atoms with Crippen LogP contribution in [-0.4, -0.2) is 42.7 Å². The van der Waals surface area contributed by atoms with Crippen molar-refractivity contribution in [3.63, 3.8) is 0 Å². The molecule has 0 saturated heterocycles. The van der Waals surface area contributed by atoms with Gasteiger partial charge in [-0.15, -0.1) is 11.8 Å². The monoisotopic (exact) mass is 404 g/mol. The van der Waals surface area contributed by atoms with E-state index in [-0.39, 0.29) is 29.9 Å². The fourth-order valence-electron chi connectivity index (χ4n) is 2.71. The van der Waals surface area contributed by atoms with Crippen molar-refractivity contribution in [2.45, 2.75) is 25.3 Å². The molecule has 0 bridgehead atoms. The van der Waals surface area contributed by atoms with E-state index >= 15 is 0 Å². The number of hydrogen-bond acceptors (Lipinski definition) is 4. The largest absolute Gasteiger partial charge is 0.497 e. The Morgan fingerprint density at radius 1 is 1.21 bits per heavy atom. The van der Waals surface area contributed by atoms with E-state index in [1.807, 2.05) is 24.3 Å². The van der Waals surface area contributed by atoms with Gasteiger partial charge in [-0.1, -0.05) is 30.3 Å². The minimum absolute atomic E-state index is 0.152. The van der Waals surface area contributed by atoms with Crippen LogP contribution >= 0.6 is 11.8 Å². The molecule has 2 rings (SSSR count). The van der Waals surface area contributed by atoms with Crippen molar-refractivity contribution < 1.29 is 18.7 Å². The van der Waals surface area contributed by atoms with Crippen LogP contribution in [0.4, 0.5) is 4.39 Å². The first kappa shape index (κ1) is 21.8. The van der Waals surface area contributed by atoms with Crippen LogP contribution < -0.4 is 10.1 Å². The van der Waals surface area contributed by atoms with Gasteiger partial charge >= 0.3 is 0 Å². The zero-order valence-electron chi connectivity index (χ0n) is 16.3. The number of methoxy groups -OCH3 is 1. The lowest BCUT2D eigenvalue weighted by atomic mass is 10.1. The summed E-state index contributed by atoms with van der Waals surface area (Å²) in [5, 5.41) is 2.58. The third-order valence-corrected chi connectivity index (χ3v) is 5.31. The van der Waals surface area contributed by atoms with Gasteiger partial charge in [0.2, 0.25) is 11.8 Å². The van der Waals surface area contributed by atoms with E-state index in [0.29, 0.717) is 17.1 Å². The maximum atomic E-state index is 13.7. The summed E-state index contributed by atoms with van der Waals surface area (Å²) in [5.74, 6) is 0.524. The number of carbonyl (C=O) groups excluding carboxylic acids is 2. The van der Waals surface area contributed by atoms with E-state index in [9.17, 15) is 14.0 Å². The maximum Gasteiger partial charge on any atom is 0.242 e. The third kappa shape index (κ3) is 5.99. The Balaban J connectivity index is 2.08. The van der Waals surface area contributed by atoms with Crippen molar-refractivity contribution in [1.29, 1.82) is 0 Å². The Morgan fingerprint density at radius 3 is 2.64 bits per heavy atom. The zero-order chi connectivity index (χ0) is 20.5. The predicted octanol–water partition coefficient (Wildman–Crippen LogP) is 3.23. The van der Waals surface area contributed by atoms with Crippen LogP contribution in [0.1, 0.15) is 18.1 Å². The molecule has 5 nitrogen and oxygen atoms in total. The van der Waals surface area contributed by atoms with E-state index in [1.54, 1.807) is 39.3 Å². The van der Waals surface area contributed by atoms with E-state index in [1.165, 1.54) is 22.7 Å². The second-order valence-electron chi connectivity index (χ2n) is 6.25. The van der Waals surface area contributed by atoms with Gasteiger partial charge in [-0.05, 0) is 36.2 Å². The summed E-state index contributed by atoms with van der Waals surface area (Å²) in [6.07, 6.45) is 0. The Kier molecular flexibility index (Phi) is 8.32. The van der Waals surface area contributed by atoms with E-state index in [2.05, 4.69) is 5.32 Å². The molecule has 150 valence electrons. The van der Waals surface area contributed by atoms with Crippen molar-refractivity contribution >= 4 is 23.6 Å². The minimum Gasteiger partial charge on any atom is -0.497 e. The minimum atomic E-state index is -0.627. The Bertz CT molecular complexity index is 816. The Labute approximate surface area is 169 Å². The summed E-state index contributed by atoms with van der Waals surface area (Å²) in [6, 6.07) is 13.3. The van der Waals surface area contributed by atoms with Gasteiger partial charge in [0.15, 0.2) is 0 Å². The molecule has 0 aliphatic heterocycles. The highest BCUT2D eigenvalue weighted by molar-refractivity contribution is 7.99. The standard InChI is InChI=1S/C21H25FN2O3S/c1-15(21(26)23-2)24(12-16-7-6-9-18(11-16)27-3)20(25)14-28-13-17-8-4-5-10-19(17)22/h4-11,15H,12-14H2,1-3H3,(H,23,26)/t15-/m0/s1. The molecule has 0 saturated carbocycles. The fourth-order valence-corrected chi connectivity index (χ4v) is 3.60. The maximum absolute atomic E-state index is 13.7. The van der Waals surface area contributed by atoms with Crippen LogP contribution in [-0.2, 0) is 21.9 Å². The number of benzene rings is 2. The molecule has 0 radical (unpaired) electrons. The molecule has 0 heterocycles. The van der Waals surface area contributed by atoms with Crippen molar-refractivity contribution in [2.24, 2.45) is 0 Å². The number of hydrogen-bond donors (Lipinski definition) is 1. The van der Waals surface area contributed by atoms with Crippen molar-refractivity contribution in [3.05, 3.63) is 65.5 Å². The number of halogens is 1. The summed E-state index contributed by atoms with van der Waals surface area (Å²) >= 11 is 1.32. The first-order valence-corrected chi connectivity index (χ1v) is 10.1. The van der Waals surface area contributed by atoms with E-state index in [4.69, 9.17) is 4.74 Å². The highest BCUT2D eigenvalue weighted by atomic mass is 32.2. The molecule has 0 aliphatic rings. The number of carbonyl (C=O) groups is 2. The van der Waals surface area contributed by atoms with Crippen LogP contribution in [0.5, 0.6) is 5.75 Å². The molecule has 28 heavy (non-hydrogen) atoms. The van der Waals surface area contributed by atoms with Crippen LogP contribution in [0.25, 0.3) is 0 Å². The SMILES string of the molecule is CNC(=O)[C@H](C)N(Cc1cccc(OC)c1)C(=O)CSCc1ccccc1F. The normalized spacial score (nSPS) is 11.6. The third-order valence-electron chi connectivity index (χ3n) is 4.34. The number of nitrogens with one attached hydrogen (secondary N) is 1. The average molecular weight is 405 g/mol. The molecule has 1 atom stereocenters. The van der Waals surface area contributed by atoms with Crippen LogP contribution in [0.15, 0.2) is 48.5 Å². The number of amides is 2.